The number of likely N-dealkylation sites (N-methyl/N-ethyl adjacent to an activating group) is 1. The van der Waals surface area contributed by atoms with Crippen molar-refractivity contribution in [3.63, 3.8) is 0 Å². The van der Waals surface area contributed by atoms with E-state index in [1.165, 1.54) is 12.8 Å². The van der Waals surface area contributed by atoms with Crippen LogP contribution in [0.2, 0.25) is 0 Å². The van der Waals surface area contributed by atoms with E-state index < -0.39 is 0 Å². The molecule has 3 aliphatic rings. The van der Waals surface area contributed by atoms with Gasteiger partial charge in [0.05, 0.1) is 0 Å². The molecule has 5 heteroatoms. The minimum absolute atomic E-state index is 0.253. The Kier molecular flexibility index (Phi) is 5.71. The van der Waals surface area contributed by atoms with Crippen LogP contribution >= 0.6 is 0 Å². The van der Waals surface area contributed by atoms with Gasteiger partial charge in [0.2, 0.25) is 11.8 Å². The van der Waals surface area contributed by atoms with Crippen molar-refractivity contribution in [2.45, 2.75) is 51.9 Å². The molecule has 0 aromatic heterocycles. The van der Waals surface area contributed by atoms with Crippen LogP contribution in [0.15, 0.2) is 0 Å². The first-order chi connectivity index (χ1) is 11.9. The minimum atomic E-state index is 0.253. The average molecular weight is 350 g/mol. The van der Waals surface area contributed by atoms with Crippen LogP contribution in [0.3, 0.4) is 0 Å². The van der Waals surface area contributed by atoms with E-state index >= 15 is 0 Å². The van der Waals surface area contributed by atoms with Crippen molar-refractivity contribution in [1.29, 1.82) is 0 Å². The summed E-state index contributed by atoms with van der Waals surface area (Å²) < 4.78 is 0. The van der Waals surface area contributed by atoms with Crippen molar-refractivity contribution in [1.82, 2.24) is 14.7 Å². The van der Waals surface area contributed by atoms with E-state index in [4.69, 9.17) is 0 Å². The fraction of sp³-hybridized carbons (Fsp3) is 0.900. The standard InChI is InChI=1S/C20H35N3O2/c1-4-5-16-14-17(16)19(25)22-10-8-20(9-11-22)7-6-18(24)23(15-20)13-12-21(2)3/h16-17H,4-15H2,1-3H3/t16-,17+/m0/s1. The molecule has 1 aliphatic carbocycles. The van der Waals surface area contributed by atoms with Crippen LogP contribution < -0.4 is 0 Å². The summed E-state index contributed by atoms with van der Waals surface area (Å²) in [4.78, 5) is 31.2. The number of nitrogens with zero attached hydrogens (tertiary/aromatic N) is 3. The molecule has 2 heterocycles. The van der Waals surface area contributed by atoms with Crippen LogP contribution in [0.4, 0.5) is 0 Å². The van der Waals surface area contributed by atoms with Crippen molar-refractivity contribution in [3.05, 3.63) is 0 Å². The highest BCUT2D eigenvalue weighted by molar-refractivity contribution is 5.82. The van der Waals surface area contributed by atoms with Crippen LogP contribution in [-0.2, 0) is 9.59 Å². The Balaban J connectivity index is 1.50. The Hall–Kier alpha value is -1.10. The number of hydrogen-bond acceptors (Lipinski definition) is 3. The number of carbonyl (C=O) groups is 2. The summed E-state index contributed by atoms with van der Waals surface area (Å²) in [5, 5.41) is 0. The third-order valence-electron chi connectivity index (χ3n) is 6.60. The van der Waals surface area contributed by atoms with E-state index in [1.54, 1.807) is 0 Å². The molecular formula is C20H35N3O2. The number of rotatable bonds is 6. The van der Waals surface area contributed by atoms with Crippen molar-refractivity contribution < 1.29 is 9.59 Å². The second-order valence-corrected chi connectivity index (χ2v) is 8.83. The lowest BCUT2D eigenvalue weighted by atomic mass is 9.72. The van der Waals surface area contributed by atoms with Gasteiger partial charge in [-0.1, -0.05) is 13.3 Å². The van der Waals surface area contributed by atoms with Crippen LogP contribution in [0, 0.1) is 17.3 Å². The Morgan fingerprint density at radius 1 is 1.24 bits per heavy atom. The zero-order chi connectivity index (χ0) is 18.0. The third kappa shape index (κ3) is 4.36. The molecule has 0 aromatic carbocycles. The first-order valence-electron chi connectivity index (χ1n) is 10.2. The summed E-state index contributed by atoms with van der Waals surface area (Å²) in [6.45, 7) is 6.64. The lowest BCUT2D eigenvalue weighted by Crippen LogP contribution is -2.53. The molecule has 0 radical (unpaired) electrons. The summed E-state index contributed by atoms with van der Waals surface area (Å²) in [5.41, 5.74) is 0.253. The molecule has 0 aromatic rings. The number of carbonyl (C=O) groups excluding carboxylic acids is 2. The number of piperidine rings is 2. The molecule has 0 N–H and O–H groups in total. The van der Waals surface area contributed by atoms with Gasteiger partial charge in [-0.15, -0.1) is 0 Å². The Morgan fingerprint density at radius 3 is 2.60 bits per heavy atom. The number of likely N-dealkylation sites (tertiary alicyclic amines) is 2. The molecule has 0 unspecified atom stereocenters. The first-order valence-corrected chi connectivity index (χ1v) is 10.2. The SMILES string of the molecule is CCC[C@H]1C[C@H]1C(=O)N1CCC2(CCC(=O)N(CCN(C)C)C2)CC1. The minimum Gasteiger partial charge on any atom is -0.342 e. The smallest absolute Gasteiger partial charge is 0.225 e. The fourth-order valence-electron chi connectivity index (χ4n) is 4.71. The molecule has 1 saturated carbocycles. The molecule has 142 valence electrons. The molecule has 2 aliphatic heterocycles. The van der Waals surface area contributed by atoms with E-state index in [0.29, 0.717) is 30.1 Å². The molecule has 0 bridgehead atoms. The van der Waals surface area contributed by atoms with E-state index in [1.807, 2.05) is 0 Å². The van der Waals surface area contributed by atoms with Crippen LogP contribution in [0.5, 0.6) is 0 Å². The van der Waals surface area contributed by atoms with E-state index in [0.717, 1.165) is 58.4 Å². The molecule has 5 nitrogen and oxygen atoms in total. The largest absolute Gasteiger partial charge is 0.342 e. The average Bonchev–Trinajstić information content (AvgIpc) is 3.36. The summed E-state index contributed by atoms with van der Waals surface area (Å²) >= 11 is 0. The molecule has 2 amide bonds. The second-order valence-electron chi connectivity index (χ2n) is 8.83. The Bertz CT molecular complexity index is 497. The first kappa shape index (κ1) is 18.7. The van der Waals surface area contributed by atoms with E-state index in [2.05, 4.69) is 35.7 Å². The number of hydrogen-bond donors (Lipinski definition) is 0. The third-order valence-corrected chi connectivity index (χ3v) is 6.60. The zero-order valence-electron chi connectivity index (χ0n) is 16.3. The van der Waals surface area contributed by atoms with Gasteiger partial charge in [-0.25, -0.2) is 0 Å². The van der Waals surface area contributed by atoms with Gasteiger partial charge in [-0.3, -0.25) is 9.59 Å². The van der Waals surface area contributed by atoms with Crippen LogP contribution in [0.25, 0.3) is 0 Å². The fourth-order valence-corrected chi connectivity index (χ4v) is 4.71. The molecule has 2 saturated heterocycles. The quantitative estimate of drug-likeness (QED) is 0.738. The van der Waals surface area contributed by atoms with Crippen molar-refractivity contribution >= 4 is 11.8 Å². The molecule has 2 atom stereocenters. The molecule has 25 heavy (non-hydrogen) atoms. The van der Waals surface area contributed by atoms with E-state index in [-0.39, 0.29) is 5.41 Å². The Labute approximate surface area is 152 Å². The monoisotopic (exact) mass is 349 g/mol. The highest BCUT2D eigenvalue weighted by atomic mass is 16.2. The normalized spacial score (nSPS) is 28.7. The van der Waals surface area contributed by atoms with Crippen LogP contribution in [0.1, 0.15) is 51.9 Å². The summed E-state index contributed by atoms with van der Waals surface area (Å²) in [5.74, 6) is 1.69. The maximum absolute atomic E-state index is 12.7. The van der Waals surface area contributed by atoms with Gasteiger partial charge in [0.15, 0.2) is 0 Å². The van der Waals surface area contributed by atoms with Gasteiger partial charge in [0.25, 0.3) is 0 Å². The van der Waals surface area contributed by atoms with Crippen molar-refractivity contribution in [3.8, 4) is 0 Å². The van der Waals surface area contributed by atoms with Crippen LogP contribution in [-0.4, -0.2) is 73.3 Å². The van der Waals surface area contributed by atoms with Gasteiger partial charge in [0, 0.05) is 45.1 Å². The summed E-state index contributed by atoms with van der Waals surface area (Å²) in [7, 11) is 4.11. The second kappa shape index (κ2) is 7.65. The number of amides is 2. The Morgan fingerprint density at radius 2 is 1.96 bits per heavy atom. The maximum Gasteiger partial charge on any atom is 0.225 e. The molecule has 1 spiro atoms. The molecular weight excluding hydrogens is 314 g/mol. The van der Waals surface area contributed by atoms with Gasteiger partial charge in [0.1, 0.15) is 0 Å². The molecule has 3 rings (SSSR count). The summed E-state index contributed by atoms with van der Waals surface area (Å²) in [6, 6.07) is 0. The van der Waals surface area contributed by atoms with Gasteiger partial charge in [-0.05, 0) is 57.5 Å². The zero-order valence-corrected chi connectivity index (χ0v) is 16.3. The lowest BCUT2D eigenvalue weighted by Gasteiger charge is -2.47. The highest BCUT2D eigenvalue weighted by Gasteiger charge is 2.47. The van der Waals surface area contributed by atoms with E-state index in [9.17, 15) is 9.59 Å². The van der Waals surface area contributed by atoms with Gasteiger partial charge < -0.3 is 14.7 Å². The lowest BCUT2D eigenvalue weighted by molar-refractivity contribution is -0.143. The summed E-state index contributed by atoms with van der Waals surface area (Å²) in [6.07, 6.45) is 7.33. The molecule has 3 fully saturated rings. The van der Waals surface area contributed by atoms with Gasteiger partial charge >= 0.3 is 0 Å². The van der Waals surface area contributed by atoms with Gasteiger partial charge in [-0.2, -0.15) is 0 Å². The predicted octanol–water partition coefficient (Wildman–Crippen LogP) is 2.22. The highest BCUT2D eigenvalue weighted by Crippen LogP contribution is 2.45. The topological polar surface area (TPSA) is 43.9 Å². The van der Waals surface area contributed by atoms with Crippen molar-refractivity contribution in [2.24, 2.45) is 17.3 Å². The maximum atomic E-state index is 12.7. The van der Waals surface area contributed by atoms with Crippen molar-refractivity contribution in [2.75, 3.05) is 46.8 Å². The predicted molar refractivity (Wildman–Crippen MR) is 99.1 cm³/mol.